The van der Waals surface area contributed by atoms with E-state index in [0.29, 0.717) is 19.6 Å². The highest BCUT2D eigenvalue weighted by Gasteiger charge is 2.19. The predicted molar refractivity (Wildman–Crippen MR) is 71.2 cm³/mol. The van der Waals surface area contributed by atoms with Gasteiger partial charge in [-0.05, 0) is 34.2 Å². The fourth-order valence-electron chi connectivity index (χ4n) is 1.36. The maximum Gasteiger partial charge on any atom is 0.307 e. The zero-order valence-corrected chi connectivity index (χ0v) is 12.2. The largest absolute Gasteiger partial charge is 0.466 e. The highest BCUT2D eigenvalue weighted by Crippen LogP contribution is 2.00. The molecule has 0 radical (unpaired) electrons. The van der Waals surface area contributed by atoms with Gasteiger partial charge in [0, 0.05) is 12.6 Å². The lowest BCUT2D eigenvalue weighted by Crippen LogP contribution is -2.46. The van der Waals surface area contributed by atoms with Gasteiger partial charge in [-0.1, -0.05) is 6.92 Å². The maximum atomic E-state index is 11.9. The SMILES string of the molecule is CCOC(=O)CCN(C)C(C)C(=O)NC(C)CC. The second-order valence-corrected chi connectivity index (χ2v) is 4.53. The normalized spacial score (nSPS) is 14.1. The molecule has 1 amide bonds. The van der Waals surface area contributed by atoms with Crippen molar-refractivity contribution < 1.29 is 14.3 Å². The molecule has 0 saturated carbocycles. The average Bonchev–Trinajstić information content (AvgIpc) is 2.34. The van der Waals surface area contributed by atoms with Crippen LogP contribution in [0.15, 0.2) is 0 Å². The van der Waals surface area contributed by atoms with E-state index in [9.17, 15) is 9.59 Å². The average molecular weight is 258 g/mol. The Labute approximate surface area is 110 Å². The number of rotatable bonds is 8. The van der Waals surface area contributed by atoms with E-state index in [4.69, 9.17) is 4.74 Å². The molecule has 0 aliphatic heterocycles. The van der Waals surface area contributed by atoms with Gasteiger partial charge in [0.15, 0.2) is 0 Å². The molecular weight excluding hydrogens is 232 g/mol. The Hall–Kier alpha value is -1.10. The van der Waals surface area contributed by atoms with Crippen molar-refractivity contribution in [3.05, 3.63) is 0 Å². The molecule has 18 heavy (non-hydrogen) atoms. The summed E-state index contributed by atoms with van der Waals surface area (Å²) in [4.78, 5) is 24.9. The summed E-state index contributed by atoms with van der Waals surface area (Å²) in [7, 11) is 1.83. The highest BCUT2D eigenvalue weighted by molar-refractivity contribution is 5.81. The van der Waals surface area contributed by atoms with Crippen LogP contribution < -0.4 is 5.32 Å². The van der Waals surface area contributed by atoms with E-state index in [0.717, 1.165) is 6.42 Å². The summed E-state index contributed by atoms with van der Waals surface area (Å²) >= 11 is 0. The fourth-order valence-corrected chi connectivity index (χ4v) is 1.36. The molecule has 106 valence electrons. The first-order valence-electron chi connectivity index (χ1n) is 6.58. The first kappa shape index (κ1) is 16.9. The molecule has 1 N–H and O–H groups in total. The van der Waals surface area contributed by atoms with Gasteiger partial charge in [-0.15, -0.1) is 0 Å². The van der Waals surface area contributed by atoms with Crippen LogP contribution in [-0.4, -0.2) is 49.1 Å². The number of hydrogen-bond acceptors (Lipinski definition) is 4. The van der Waals surface area contributed by atoms with Crippen molar-refractivity contribution in [2.45, 2.75) is 52.6 Å². The molecule has 0 rings (SSSR count). The summed E-state index contributed by atoms with van der Waals surface area (Å²) in [5.41, 5.74) is 0. The molecule has 0 saturated heterocycles. The van der Waals surface area contributed by atoms with Gasteiger partial charge in [-0.3, -0.25) is 14.5 Å². The number of nitrogens with zero attached hydrogens (tertiary/aromatic N) is 1. The molecule has 2 unspecified atom stereocenters. The third-order valence-electron chi connectivity index (χ3n) is 3.02. The van der Waals surface area contributed by atoms with Crippen molar-refractivity contribution >= 4 is 11.9 Å². The van der Waals surface area contributed by atoms with Crippen molar-refractivity contribution in [3.8, 4) is 0 Å². The first-order valence-corrected chi connectivity index (χ1v) is 6.58. The molecule has 0 aliphatic rings. The Morgan fingerprint density at radius 2 is 1.89 bits per heavy atom. The molecule has 0 heterocycles. The molecule has 0 aliphatic carbocycles. The standard InChI is InChI=1S/C13H26N2O3/c1-6-10(3)14-13(17)11(4)15(5)9-8-12(16)18-7-2/h10-11H,6-9H2,1-5H3,(H,14,17). The Morgan fingerprint density at radius 1 is 1.28 bits per heavy atom. The van der Waals surface area contributed by atoms with Gasteiger partial charge >= 0.3 is 5.97 Å². The van der Waals surface area contributed by atoms with Gasteiger partial charge in [0.2, 0.25) is 5.91 Å². The van der Waals surface area contributed by atoms with Crippen LogP contribution in [0.25, 0.3) is 0 Å². The van der Waals surface area contributed by atoms with Crippen molar-refractivity contribution in [1.29, 1.82) is 0 Å². The molecule has 0 spiro atoms. The highest BCUT2D eigenvalue weighted by atomic mass is 16.5. The molecular formula is C13H26N2O3. The molecule has 0 bridgehead atoms. The second-order valence-electron chi connectivity index (χ2n) is 4.53. The number of ether oxygens (including phenoxy) is 1. The van der Waals surface area contributed by atoms with Crippen molar-refractivity contribution in [2.75, 3.05) is 20.2 Å². The molecule has 5 nitrogen and oxygen atoms in total. The zero-order valence-electron chi connectivity index (χ0n) is 12.2. The van der Waals surface area contributed by atoms with Gasteiger partial charge in [0.25, 0.3) is 0 Å². The first-order chi connectivity index (χ1) is 8.42. The van der Waals surface area contributed by atoms with Crippen LogP contribution in [-0.2, 0) is 14.3 Å². The number of carbonyl (C=O) groups excluding carboxylic acids is 2. The van der Waals surface area contributed by atoms with E-state index in [1.807, 2.05) is 32.7 Å². The van der Waals surface area contributed by atoms with E-state index in [1.54, 1.807) is 6.92 Å². The lowest BCUT2D eigenvalue weighted by Gasteiger charge is -2.24. The summed E-state index contributed by atoms with van der Waals surface area (Å²) in [5.74, 6) is -0.227. The topological polar surface area (TPSA) is 58.6 Å². The number of nitrogens with one attached hydrogen (secondary N) is 1. The van der Waals surface area contributed by atoms with E-state index >= 15 is 0 Å². The molecule has 0 aromatic carbocycles. The number of hydrogen-bond donors (Lipinski definition) is 1. The maximum absolute atomic E-state index is 11.9. The summed E-state index contributed by atoms with van der Waals surface area (Å²) < 4.78 is 4.85. The van der Waals surface area contributed by atoms with Crippen molar-refractivity contribution in [1.82, 2.24) is 10.2 Å². The summed E-state index contributed by atoms with van der Waals surface area (Å²) in [6, 6.07) is -0.0631. The Morgan fingerprint density at radius 3 is 2.39 bits per heavy atom. The minimum absolute atomic E-state index is 0.00397. The fraction of sp³-hybridized carbons (Fsp3) is 0.846. The predicted octanol–water partition coefficient (Wildman–Crippen LogP) is 1.17. The molecule has 0 fully saturated rings. The van der Waals surface area contributed by atoms with E-state index in [-0.39, 0.29) is 24.0 Å². The summed E-state index contributed by atoms with van der Waals surface area (Å²) in [6.07, 6.45) is 1.22. The van der Waals surface area contributed by atoms with E-state index in [1.165, 1.54) is 0 Å². The Kier molecular flexibility index (Phi) is 8.37. The third kappa shape index (κ3) is 6.59. The molecule has 0 aromatic rings. The monoisotopic (exact) mass is 258 g/mol. The van der Waals surface area contributed by atoms with Crippen LogP contribution in [0, 0.1) is 0 Å². The zero-order chi connectivity index (χ0) is 14.1. The minimum atomic E-state index is -0.242. The van der Waals surface area contributed by atoms with Crippen LogP contribution in [0.5, 0.6) is 0 Å². The van der Waals surface area contributed by atoms with Crippen LogP contribution in [0.4, 0.5) is 0 Å². The van der Waals surface area contributed by atoms with Gasteiger partial charge in [-0.25, -0.2) is 0 Å². The van der Waals surface area contributed by atoms with E-state index < -0.39 is 0 Å². The van der Waals surface area contributed by atoms with Crippen LogP contribution >= 0.6 is 0 Å². The minimum Gasteiger partial charge on any atom is -0.466 e. The number of carbonyl (C=O) groups is 2. The Bertz CT molecular complexity index is 269. The molecule has 0 aromatic heterocycles. The van der Waals surface area contributed by atoms with E-state index in [2.05, 4.69) is 5.32 Å². The van der Waals surface area contributed by atoms with Gasteiger partial charge < -0.3 is 10.1 Å². The number of likely N-dealkylation sites (N-methyl/N-ethyl adjacent to an activating group) is 1. The van der Waals surface area contributed by atoms with Gasteiger partial charge in [0.05, 0.1) is 19.1 Å². The lowest BCUT2D eigenvalue weighted by atomic mass is 10.2. The lowest BCUT2D eigenvalue weighted by molar-refractivity contribution is -0.144. The quantitative estimate of drug-likeness (QED) is 0.664. The van der Waals surface area contributed by atoms with Crippen molar-refractivity contribution in [2.24, 2.45) is 0 Å². The van der Waals surface area contributed by atoms with Gasteiger partial charge in [-0.2, -0.15) is 0 Å². The number of amides is 1. The third-order valence-corrected chi connectivity index (χ3v) is 3.02. The number of esters is 1. The van der Waals surface area contributed by atoms with Gasteiger partial charge in [0.1, 0.15) is 0 Å². The molecule has 5 heteroatoms. The van der Waals surface area contributed by atoms with Crippen LogP contribution in [0.3, 0.4) is 0 Å². The molecule has 2 atom stereocenters. The Balaban J connectivity index is 4.05. The smallest absolute Gasteiger partial charge is 0.307 e. The summed E-state index contributed by atoms with van der Waals surface area (Å²) in [6.45, 7) is 8.54. The second kappa shape index (κ2) is 8.91. The van der Waals surface area contributed by atoms with Crippen molar-refractivity contribution in [3.63, 3.8) is 0 Å². The van der Waals surface area contributed by atoms with Crippen LogP contribution in [0.1, 0.15) is 40.5 Å². The summed E-state index contributed by atoms with van der Waals surface area (Å²) in [5, 5.41) is 2.93. The van der Waals surface area contributed by atoms with Crippen LogP contribution in [0.2, 0.25) is 0 Å².